The second-order valence-electron chi connectivity index (χ2n) is 5.17. The van der Waals surface area contributed by atoms with Crippen LogP contribution >= 0.6 is 0 Å². The van der Waals surface area contributed by atoms with E-state index in [0.29, 0.717) is 5.88 Å². The average Bonchev–Trinajstić information content (AvgIpc) is 2.47. The molecule has 2 rings (SSSR count). The van der Waals surface area contributed by atoms with Crippen LogP contribution in [0.3, 0.4) is 0 Å². The molecule has 21 heavy (non-hydrogen) atoms. The third kappa shape index (κ3) is 4.20. The maximum Gasteiger partial charge on any atom is 0.219 e. The predicted octanol–water partition coefficient (Wildman–Crippen LogP) is 3.36. The largest absolute Gasteiger partial charge is 0.439 e. The van der Waals surface area contributed by atoms with E-state index in [1.165, 1.54) is 5.56 Å². The van der Waals surface area contributed by atoms with Gasteiger partial charge in [0, 0.05) is 44.2 Å². The number of pyridine rings is 1. The van der Waals surface area contributed by atoms with Crippen molar-refractivity contribution in [3.8, 4) is 11.6 Å². The molecule has 1 N–H and O–H groups in total. The lowest BCUT2D eigenvalue weighted by atomic mass is 10.2. The molecule has 1 heterocycles. The summed E-state index contributed by atoms with van der Waals surface area (Å²) in [6, 6.07) is 12.0. The topological polar surface area (TPSA) is 37.4 Å². The molecule has 0 fully saturated rings. The third-order valence-corrected chi connectivity index (χ3v) is 3.29. The van der Waals surface area contributed by atoms with E-state index in [1.807, 2.05) is 56.3 Å². The van der Waals surface area contributed by atoms with Gasteiger partial charge in [-0.3, -0.25) is 0 Å². The first-order valence-electron chi connectivity index (χ1n) is 7.22. The van der Waals surface area contributed by atoms with Crippen LogP contribution in [0, 0.1) is 6.92 Å². The van der Waals surface area contributed by atoms with Gasteiger partial charge in [-0.05, 0) is 31.2 Å². The van der Waals surface area contributed by atoms with Gasteiger partial charge in [-0.2, -0.15) is 0 Å². The fourth-order valence-corrected chi connectivity index (χ4v) is 2.02. The van der Waals surface area contributed by atoms with E-state index in [0.717, 1.165) is 30.2 Å². The zero-order valence-electron chi connectivity index (χ0n) is 13.2. The van der Waals surface area contributed by atoms with Crippen LogP contribution in [0.5, 0.6) is 11.6 Å². The smallest absolute Gasteiger partial charge is 0.219 e. The number of nitrogens with one attached hydrogen (secondary N) is 1. The standard InChI is InChI=1S/C17H23N3O/c1-5-18-12-14-9-10-17(19-13(14)2)21-16-8-6-7-15(11-16)20(3)4/h6-11,18H,5,12H2,1-4H3. The normalized spacial score (nSPS) is 10.5. The fourth-order valence-electron chi connectivity index (χ4n) is 2.02. The van der Waals surface area contributed by atoms with Crippen LogP contribution in [0.15, 0.2) is 36.4 Å². The Bertz CT molecular complexity index is 596. The number of hydrogen-bond donors (Lipinski definition) is 1. The number of anilines is 1. The molecule has 4 heteroatoms. The SMILES string of the molecule is CCNCc1ccc(Oc2cccc(N(C)C)c2)nc1C. The zero-order chi connectivity index (χ0) is 15.2. The molecule has 1 aromatic carbocycles. The van der Waals surface area contributed by atoms with Gasteiger partial charge in [-0.25, -0.2) is 4.98 Å². The molecule has 0 aliphatic carbocycles. The number of rotatable bonds is 6. The van der Waals surface area contributed by atoms with Gasteiger partial charge in [0.15, 0.2) is 0 Å². The summed E-state index contributed by atoms with van der Waals surface area (Å²) in [6.07, 6.45) is 0. The molecule has 4 nitrogen and oxygen atoms in total. The first kappa shape index (κ1) is 15.3. The molecule has 0 spiro atoms. The number of ether oxygens (including phenoxy) is 1. The van der Waals surface area contributed by atoms with Gasteiger partial charge in [0.25, 0.3) is 0 Å². The molecule has 2 aromatic rings. The lowest BCUT2D eigenvalue weighted by molar-refractivity contribution is 0.461. The quantitative estimate of drug-likeness (QED) is 0.883. The number of aromatic nitrogens is 1. The molecule has 1 aromatic heterocycles. The minimum absolute atomic E-state index is 0.628. The van der Waals surface area contributed by atoms with Gasteiger partial charge in [0.2, 0.25) is 5.88 Å². The van der Waals surface area contributed by atoms with Gasteiger partial charge in [0.1, 0.15) is 5.75 Å². The van der Waals surface area contributed by atoms with Crippen molar-refractivity contribution in [3.05, 3.63) is 47.7 Å². The van der Waals surface area contributed by atoms with E-state index in [1.54, 1.807) is 0 Å². The summed E-state index contributed by atoms with van der Waals surface area (Å²) in [5.41, 5.74) is 3.30. The van der Waals surface area contributed by atoms with Gasteiger partial charge in [0.05, 0.1) is 0 Å². The van der Waals surface area contributed by atoms with Gasteiger partial charge >= 0.3 is 0 Å². The first-order valence-corrected chi connectivity index (χ1v) is 7.22. The van der Waals surface area contributed by atoms with Crippen molar-refractivity contribution in [3.63, 3.8) is 0 Å². The summed E-state index contributed by atoms with van der Waals surface area (Å²) in [7, 11) is 4.02. The Morgan fingerprint density at radius 3 is 2.67 bits per heavy atom. The van der Waals surface area contributed by atoms with Crippen molar-refractivity contribution >= 4 is 5.69 Å². The van der Waals surface area contributed by atoms with Crippen molar-refractivity contribution in [1.82, 2.24) is 10.3 Å². The molecule has 0 saturated heterocycles. The van der Waals surface area contributed by atoms with E-state index >= 15 is 0 Å². The van der Waals surface area contributed by atoms with Crippen LogP contribution in [-0.2, 0) is 6.54 Å². The van der Waals surface area contributed by atoms with Gasteiger partial charge in [-0.1, -0.05) is 19.1 Å². The molecule has 0 saturated carbocycles. The molecule has 0 amide bonds. The van der Waals surface area contributed by atoms with Crippen LogP contribution in [0.2, 0.25) is 0 Å². The highest BCUT2D eigenvalue weighted by atomic mass is 16.5. The maximum absolute atomic E-state index is 5.85. The van der Waals surface area contributed by atoms with E-state index in [4.69, 9.17) is 4.74 Å². The summed E-state index contributed by atoms with van der Waals surface area (Å²) in [5, 5.41) is 3.31. The highest BCUT2D eigenvalue weighted by molar-refractivity contribution is 5.50. The van der Waals surface area contributed by atoms with E-state index in [-0.39, 0.29) is 0 Å². The van der Waals surface area contributed by atoms with E-state index < -0.39 is 0 Å². The van der Waals surface area contributed by atoms with E-state index in [2.05, 4.69) is 23.3 Å². The van der Waals surface area contributed by atoms with Crippen LogP contribution in [-0.4, -0.2) is 25.6 Å². The highest BCUT2D eigenvalue weighted by Gasteiger charge is 2.05. The molecule has 0 aliphatic rings. The Morgan fingerprint density at radius 1 is 1.19 bits per heavy atom. The molecule has 0 bridgehead atoms. The molecule has 112 valence electrons. The summed E-state index contributed by atoms with van der Waals surface area (Å²) >= 11 is 0. The second-order valence-corrected chi connectivity index (χ2v) is 5.17. The number of benzene rings is 1. The molecule has 0 aliphatic heterocycles. The molecule has 0 atom stereocenters. The predicted molar refractivity (Wildman–Crippen MR) is 87.2 cm³/mol. The Balaban J connectivity index is 2.12. The van der Waals surface area contributed by atoms with Gasteiger partial charge in [-0.15, -0.1) is 0 Å². The lowest BCUT2D eigenvalue weighted by Gasteiger charge is -2.14. The van der Waals surface area contributed by atoms with E-state index in [9.17, 15) is 0 Å². The Hall–Kier alpha value is -2.07. The van der Waals surface area contributed by atoms with Gasteiger partial charge < -0.3 is 15.0 Å². The van der Waals surface area contributed by atoms with Crippen LogP contribution < -0.4 is 15.0 Å². The summed E-state index contributed by atoms with van der Waals surface area (Å²) < 4.78 is 5.85. The Labute approximate surface area is 126 Å². The Kier molecular flexibility index (Phi) is 5.17. The first-order chi connectivity index (χ1) is 10.1. The minimum atomic E-state index is 0.628. The lowest BCUT2D eigenvalue weighted by Crippen LogP contribution is -2.13. The van der Waals surface area contributed by atoms with Crippen molar-refractivity contribution in [2.75, 3.05) is 25.5 Å². The summed E-state index contributed by atoms with van der Waals surface area (Å²) in [6.45, 7) is 5.90. The summed E-state index contributed by atoms with van der Waals surface area (Å²) in [5.74, 6) is 1.43. The number of nitrogens with zero attached hydrogens (tertiary/aromatic N) is 2. The third-order valence-electron chi connectivity index (χ3n) is 3.29. The van der Waals surface area contributed by atoms with Crippen LogP contribution in [0.4, 0.5) is 5.69 Å². The molecule has 0 unspecified atom stereocenters. The van der Waals surface area contributed by atoms with Crippen molar-refractivity contribution < 1.29 is 4.74 Å². The van der Waals surface area contributed by atoms with Crippen LogP contribution in [0.25, 0.3) is 0 Å². The second kappa shape index (κ2) is 7.09. The minimum Gasteiger partial charge on any atom is -0.439 e. The molecule has 0 radical (unpaired) electrons. The average molecular weight is 285 g/mol. The number of hydrogen-bond acceptors (Lipinski definition) is 4. The van der Waals surface area contributed by atoms with Crippen LogP contribution in [0.1, 0.15) is 18.2 Å². The Morgan fingerprint density at radius 2 is 2.00 bits per heavy atom. The van der Waals surface area contributed by atoms with Crippen molar-refractivity contribution in [2.45, 2.75) is 20.4 Å². The molecular formula is C17H23N3O. The highest BCUT2D eigenvalue weighted by Crippen LogP contribution is 2.24. The maximum atomic E-state index is 5.85. The monoisotopic (exact) mass is 285 g/mol. The van der Waals surface area contributed by atoms with Crippen molar-refractivity contribution in [2.24, 2.45) is 0 Å². The fraction of sp³-hybridized carbons (Fsp3) is 0.353. The van der Waals surface area contributed by atoms with Crippen molar-refractivity contribution in [1.29, 1.82) is 0 Å². The number of aryl methyl sites for hydroxylation is 1. The zero-order valence-corrected chi connectivity index (χ0v) is 13.2. The summed E-state index contributed by atoms with van der Waals surface area (Å²) in [4.78, 5) is 6.57. The molecular weight excluding hydrogens is 262 g/mol.